The van der Waals surface area contributed by atoms with Crippen LogP contribution in [0, 0.1) is 0 Å². The Morgan fingerprint density at radius 1 is 0.712 bits per heavy atom. The van der Waals surface area contributed by atoms with E-state index in [1.54, 1.807) is 0 Å². The number of carbonyl (C=O) groups is 3. The van der Waals surface area contributed by atoms with Crippen molar-refractivity contribution in [3.63, 3.8) is 0 Å². The van der Waals surface area contributed by atoms with Gasteiger partial charge >= 0.3 is 25.7 Å². The molecule has 0 amide bonds. The van der Waals surface area contributed by atoms with E-state index in [1.165, 1.54) is 25.7 Å². The number of carboxylic acids is 1. The van der Waals surface area contributed by atoms with E-state index >= 15 is 0 Å². The van der Waals surface area contributed by atoms with Crippen molar-refractivity contribution in [1.29, 1.82) is 0 Å². The van der Waals surface area contributed by atoms with Crippen LogP contribution in [0.2, 0.25) is 0 Å². The summed E-state index contributed by atoms with van der Waals surface area (Å²) in [5.41, 5.74) is 5.25. The van der Waals surface area contributed by atoms with Gasteiger partial charge in [-0.25, -0.2) is 4.57 Å². The summed E-state index contributed by atoms with van der Waals surface area (Å²) in [7, 11) is -5.32. The summed E-state index contributed by atoms with van der Waals surface area (Å²) in [5.74, 6) is -5.35. The Labute approximate surface area is 359 Å². The van der Waals surface area contributed by atoms with Crippen molar-refractivity contribution in [1.82, 2.24) is 0 Å². The van der Waals surface area contributed by atoms with Crippen molar-refractivity contribution in [2.45, 2.75) is 205 Å². The van der Waals surface area contributed by atoms with Gasteiger partial charge in [0, 0.05) is 55.3 Å². The highest BCUT2D eigenvalue weighted by molar-refractivity contribution is 7.47. The fraction of sp³-hybridized carbons (Fsp3) is 0.875. The van der Waals surface area contributed by atoms with Crippen LogP contribution in [0.4, 0.5) is 0 Å². The summed E-state index contributed by atoms with van der Waals surface area (Å²) in [6.45, 7) is -5.95. The normalized spacial score (nSPS) is 26.9. The predicted octanol–water partition coefficient (Wildman–Crippen LogP) is 10.5. The zero-order chi connectivity index (χ0) is 66.2. The number of esters is 2. The molecule has 4 N–H and O–H groups in total. The number of rotatable bonds is 39. The van der Waals surface area contributed by atoms with E-state index in [-0.39, 0.29) is 12.8 Å². The second-order valence-corrected chi connectivity index (χ2v) is 12.3. The molecule has 1 unspecified atom stereocenters. The summed E-state index contributed by atoms with van der Waals surface area (Å²) in [5, 5.41) is 8.96. The molecule has 11 nitrogen and oxygen atoms in total. The number of phosphoric acid groups is 1. The zero-order valence-electron chi connectivity index (χ0n) is 60.5. The molecule has 0 radical (unpaired) electrons. The van der Waals surface area contributed by atoms with E-state index in [1.807, 2.05) is 0 Å². The molecular formula is C40H76NO10P. The highest BCUT2D eigenvalue weighted by Gasteiger charge is 2.28. The van der Waals surface area contributed by atoms with Crippen LogP contribution in [-0.2, 0) is 37.5 Å². The first-order valence-corrected chi connectivity index (χ1v) is 18.4. The van der Waals surface area contributed by atoms with E-state index < -0.39 is 154 Å². The highest BCUT2D eigenvalue weighted by Crippen LogP contribution is 2.43. The molecule has 52 heavy (non-hydrogen) atoms. The lowest BCUT2D eigenvalue weighted by Crippen LogP contribution is -2.34. The number of carboxylic acid groups (broad SMARTS) is 1. The van der Waals surface area contributed by atoms with Crippen LogP contribution >= 0.6 is 7.82 Å². The number of phosphoric ester groups is 1. The van der Waals surface area contributed by atoms with Gasteiger partial charge in [0.1, 0.15) is 12.6 Å². The number of unbranched alkanes of at least 4 members (excludes halogenated alkanes) is 11. The number of hydrogen-bond acceptors (Lipinski definition) is 9. The first-order chi connectivity index (χ1) is 36.8. The average Bonchev–Trinajstić information content (AvgIpc) is 3.50. The number of carbonyl (C=O) groups excluding carboxylic acids is 2. The quantitative estimate of drug-likeness (QED) is 0.0234. The zero-order valence-corrected chi connectivity index (χ0v) is 30.4. The van der Waals surface area contributed by atoms with Crippen molar-refractivity contribution >= 4 is 25.7 Å². The van der Waals surface area contributed by atoms with Crippen molar-refractivity contribution in [3.8, 4) is 0 Å². The molecule has 306 valence electrons. The molecule has 0 saturated heterocycles. The number of nitrogens with two attached hydrogens (primary N) is 1. The van der Waals surface area contributed by atoms with E-state index in [9.17, 15) is 23.8 Å². The fourth-order valence-electron chi connectivity index (χ4n) is 3.79. The maximum Gasteiger partial charge on any atom is 0.472 e. The maximum atomic E-state index is 13.4. The third-order valence-electron chi connectivity index (χ3n) is 6.41. The summed E-state index contributed by atoms with van der Waals surface area (Å²) in [6, 6.07) is -1.87. The number of allylic oxidation sites excluding steroid dienone is 2. The second kappa shape index (κ2) is 36.2. The molecule has 0 aliphatic rings. The smallest absolute Gasteiger partial charge is 0.472 e. The molecule has 0 aromatic rings. The Hall–Kier alpha value is -1.78. The van der Waals surface area contributed by atoms with Gasteiger partial charge in [-0.2, -0.15) is 0 Å². The molecule has 0 heterocycles. The Kier molecular flexibility index (Phi) is 13.2. The summed E-state index contributed by atoms with van der Waals surface area (Å²) < 4.78 is 285. The van der Waals surface area contributed by atoms with Crippen LogP contribution < -0.4 is 5.73 Å². The van der Waals surface area contributed by atoms with Gasteiger partial charge < -0.3 is 25.2 Å². The first-order valence-electron chi connectivity index (χ1n) is 32.4. The van der Waals surface area contributed by atoms with E-state index in [2.05, 4.69) is 23.6 Å². The average molecular weight is 793 g/mol. The molecule has 0 saturated carbocycles. The van der Waals surface area contributed by atoms with Gasteiger partial charge in [-0.05, 0) is 38.5 Å². The lowest BCUT2D eigenvalue weighted by molar-refractivity contribution is -0.161. The molecule has 0 aromatic carbocycles. The van der Waals surface area contributed by atoms with Gasteiger partial charge in [0.05, 0.1) is 13.2 Å². The minimum Gasteiger partial charge on any atom is -0.480 e. The minimum absolute atomic E-state index is 0.196. The molecule has 0 aliphatic carbocycles. The molecule has 12 heteroatoms. The van der Waals surface area contributed by atoms with Crippen molar-refractivity contribution < 1.29 is 90.0 Å². The van der Waals surface area contributed by atoms with E-state index in [0.29, 0.717) is 12.8 Å². The maximum absolute atomic E-state index is 13.4. The van der Waals surface area contributed by atoms with Gasteiger partial charge in [0.15, 0.2) is 6.10 Å². The van der Waals surface area contributed by atoms with Crippen LogP contribution in [0.25, 0.3) is 0 Å². The summed E-state index contributed by atoms with van der Waals surface area (Å²) >= 11 is 0. The molecule has 0 fully saturated rings. The standard InChI is InChI=1S/C40H76NO10P/c1-3-5-7-9-11-13-15-17-18-20-22-24-26-28-30-32-39(43)51-36(34-49-52(46,47)50-35-37(41)40(44)45)33-48-38(42)31-29-27-25-23-21-19-16-14-12-10-8-6-4-2/h17-18,36-37H,3-16,19-35,41H2,1-2H3,(H,44,45)(H,46,47)/b18-17+/t36-,37+/m1/s1/i2D3,4D2,6D2,8D2,10D2,12D2,14D2,16D2,19D2,21D2,23D2,25D2,27D2,29D2,31D2. The van der Waals surface area contributed by atoms with E-state index in [4.69, 9.17) is 67.3 Å². The highest BCUT2D eigenvalue weighted by atomic mass is 31.2. The fourth-order valence-corrected chi connectivity index (χ4v) is 4.57. The van der Waals surface area contributed by atoms with Crippen LogP contribution in [-0.4, -0.2) is 59.9 Å². The van der Waals surface area contributed by atoms with E-state index in [0.717, 1.165) is 38.5 Å². The van der Waals surface area contributed by atoms with Crippen molar-refractivity contribution in [2.24, 2.45) is 5.73 Å². The molecule has 0 spiro atoms. The van der Waals surface area contributed by atoms with Gasteiger partial charge in [-0.1, -0.05) is 154 Å². The van der Waals surface area contributed by atoms with Gasteiger partial charge in [0.25, 0.3) is 0 Å². The predicted molar refractivity (Wildman–Crippen MR) is 208 cm³/mol. The number of hydrogen-bond donors (Lipinski definition) is 3. The lowest BCUT2D eigenvalue weighted by Gasteiger charge is -2.20. The molecule has 0 bridgehead atoms. The van der Waals surface area contributed by atoms with Crippen molar-refractivity contribution in [2.75, 3.05) is 19.8 Å². The minimum atomic E-state index is -5.32. The Morgan fingerprint density at radius 2 is 1.21 bits per heavy atom. The first kappa shape index (κ1) is 18.9. The van der Waals surface area contributed by atoms with Crippen LogP contribution in [0.3, 0.4) is 0 Å². The van der Waals surface area contributed by atoms with Gasteiger partial charge in [-0.15, -0.1) is 0 Å². The van der Waals surface area contributed by atoms with Crippen LogP contribution in [0.15, 0.2) is 12.2 Å². The molecular weight excluding hydrogens is 685 g/mol. The Morgan fingerprint density at radius 3 is 1.77 bits per heavy atom. The molecule has 0 aromatic heterocycles. The number of aliphatic carboxylic acids is 1. The van der Waals surface area contributed by atoms with Gasteiger partial charge in [-0.3, -0.25) is 23.4 Å². The number of ether oxygens (including phenoxy) is 2. The van der Waals surface area contributed by atoms with Gasteiger partial charge in [0.2, 0.25) is 0 Å². The lowest BCUT2D eigenvalue weighted by atomic mass is 10.0. The molecule has 0 rings (SSSR count). The SMILES string of the molecule is [2H]C([2H])([2H])C([2H])([2H])C([2H])([2H])C([2H])([2H])C([2H])([2H])C([2H])([2H])C([2H])([2H])C([2H])([2H])C([2H])([2H])C([2H])([2H])C([2H])([2H])C([2H])([2H])C([2H])([2H])C([2H])([2H])C([2H])([2H])C(=O)OC[C@H](COP(=O)(O)OC[C@H](N)C(=O)O)OC(=O)CCCCCCC/C=C/CCCCCCCC. The molecule has 0 aliphatic heterocycles. The molecule has 3 atom stereocenters. The van der Waals surface area contributed by atoms with Crippen LogP contribution in [0.1, 0.15) is 235 Å². The second-order valence-electron chi connectivity index (χ2n) is 10.8. The summed E-state index contributed by atoms with van der Waals surface area (Å²) in [4.78, 5) is 47.5. The third-order valence-corrected chi connectivity index (χ3v) is 7.36. The van der Waals surface area contributed by atoms with Crippen molar-refractivity contribution in [3.05, 3.63) is 12.2 Å². The topological polar surface area (TPSA) is 172 Å². The Balaban J connectivity index is 6.85. The monoisotopic (exact) mass is 793 g/mol. The van der Waals surface area contributed by atoms with Crippen LogP contribution in [0.5, 0.6) is 0 Å². The third kappa shape index (κ3) is 35.3. The summed E-state index contributed by atoms with van der Waals surface area (Å²) in [6.07, 6.45) is -56.7. The largest absolute Gasteiger partial charge is 0.480 e. The Bertz CT molecular complexity index is 2210.